The van der Waals surface area contributed by atoms with Gasteiger partial charge in [-0.15, -0.1) is 0 Å². The van der Waals surface area contributed by atoms with Gasteiger partial charge in [-0.3, -0.25) is 9.59 Å². The van der Waals surface area contributed by atoms with Gasteiger partial charge in [-0.25, -0.2) is 0 Å². The number of hydrogen-bond donors (Lipinski definition) is 3. The predicted molar refractivity (Wildman–Crippen MR) is 209 cm³/mol. The predicted octanol–water partition coefficient (Wildman–Crippen LogP) is 8.44. The van der Waals surface area contributed by atoms with E-state index in [1.807, 2.05) is 128 Å². The lowest BCUT2D eigenvalue weighted by atomic mass is 9.90. The van der Waals surface area contributed by atoms with Crippen molar-refractivity contribution in [3.63, 3.8) is 0 Å². The fraction of sp³-hybridized carbons (Fsp3) is 0.488. The Hall–Kier alpha value is -3.78. The van der Waals surface area contributed by atoms with Crippen LogP contribution in [0.5, 0.6) is 0 Å². The van der Waals surface area contributed by atoms with Crippen molar-refractivity contribution < 1.29 is 24.9 Å². The molecule has 274 valence electrons. The second-order valence-electron chi connectivity index (χ2n) is 14.4. The third-order valence-corrected chi connectivity index (χ3v) is 8.42. The quantitative estimate of drug-likeness (QED) is 0.147. The van der Waals surface area contributed by atoms with Gasteiger partial charge < -0.3 is 25.1 Å². The van der Waals surface area contributed by atoms with Gasteiger partial charge >= 0.3 is 0 Å². The Labute approximate surface area is 300 Å². The van der Waals surface area contributed by atoms with Crippen LogP contribution in [0.3, 0.4) is 0 Å². The first-order valence-corrected chi connectivity index (χ1v) is 18.2. The summed E-state index contributed by atoms with van der Waals surface area (Å²) >= 11 is 0. The lowest BCUT2D eigenvalue weighted by molar-refractivity contribution is 0.0519. The number of nitrogens with zero attached hydrogens (tertiary/aromatic N) is 2. The first kappa shape index (κ1) is 42.4. The van der Waals surface area contributed by atoms with E-state index in [1.54, 1.807) is 9.80 Å². The molecule has 7 nitrogen and oxygen atoms in total. The zero-order valence-electron chi connectivity index (χ0n) is 32.2. The first-order chi connectivity index (χ1) is 23.7. The van der Waals surface area contributed by atoms with Gasteiger partial charge in [0.05, 0.1) is 30.4 Å². The zero-order valence-corrected chi connectivity index (χ0v) is 32.2. The Bertz CT molecular complexity index is 1670. The summed E-state index contributed by atoms with van der Waals surface area (Å²) in [6.07, 6.45) is 1.58. The number of fused-ring (bicyclic) bond motifs is 2. The highest BCUT2D eigenvalue weighted by atomic mass is 16.3. The third-order valence-electron chi connectivity index (χ3n) is 8.42. The standard InChI is InChI=1S/C38H48N2O5.C3H8.C2H6/c1-37(2,3)39(21-23-41)35(44)33-28(17-15-26-11-7-9-13-31(26)33)19-20-30(43)25-29-18-16-27-12-8-10-14-32(27)34(29)36(45)40(22-24-42)38(4,5)6;1-3-2;1-2/h7-18,30,41-43H,19-25H2,1-6H3;3H2,1-2H3;1-2H3. The number of amides is 2. The molecule has 50 heavy (non-hydrogen) atoms. The molecule has 1 atom stereocenters. The van der Waals surface area contributed by atoms with Crippen LogP contribution in [-0.4, -0.2) is 80.4 Å². The smallest absolute Gasteiger partial charge is 0.255 e. The first-order valence-electron chi connectivity index (χ1n) is 18.2. The molecule has 0 radical (unpaired) electrons. The van der Waals surface area contributed by atoms with Crippen molar-refractivity contribution in [2.24, 2.45) is 0 Å². The van der Waals surface area contributed by atoms with E-state index in [9.17, 15) is 24.9 Å². The molecule has 0 saturated carbocycles. The molecule has 0 aliphatic heterocycles. The summed E-state index contributed by atoms with van der Waals surface area (Å²) in [6, 6.07) is 23.4. The van der Waals surface area contributed by atoms with Gasteiger partial charge in [0, 0.05) is 24.2 Å². The van der Waals surface area contributed by atoms with E-state index in [1.165, 1.54) is 6.42 Å². The molecular formula is C43H62N2O5. The number of β-amino-alcohol motifs (C(OH)–C–C–N with tert-alkyl or cyclic N) is 2. The van der Waals surface area contributed by atoms with Crippen molar-refractivity contribution in [1.82, 2.24) is 9.80 Å². The van der Waals surface area contributed by atoms with Crippen LogP contribution in [0.25, 0.3) is 21.5 Å². The summed E-state index contributed by atoms with van der Waals surface area (Å²) < 4.78 is 0. The van der Waals surface area contributed by atoms with Crippen molar-refractivity contribution in [3.05, 3.63) is 95.1 Å². The Kier molecular flexibility index (Phi) is 16.6. The summed E-state index contributed by atoms with van der Waals surface area (Å²) in [5, 5.41) is 34.5. The van der Waals surface area contributed by atoms with Gasteiger partial charge in [-0.05, 0) is 93.5 Å². The van der Waals surface area contributed by atoms with E-state index < -0.39 is 17.2 Å². The maximum absolute atomic E-state index is 14.1. The van der Waals surface area contributed by atoms with Gasteiger partial charge in [-0.1, -0.05) is 107 Å². The average molecular weight is 687 g/mol. The summed E-state index contributed by atoms with van der Waals surface area (Å²) in [5.74, 6) is -0.324. The number of benzene rings is 4. The Morgan fingerprint density at radius 1 is 0.640 bits per heavy atom. The number of rotatable bonds is 11. The molecule has 0 aromatic heterocycles. The Morgan fingerprint density at radius 2 is 1.02 bits per heavy atom. The molecule has 2 amide bonds. The van der Waals surface area contributed by atoms with Crippen LogP contribution in [-0.2, 0) is 12.8 Å². The normalized spacial score (nSPS) is 12.0. The van der Waals surface area contributed by atoms with Gasteiger partial charge in [0.25, 0.3) is 11.8 Å². The molecule has 4 aromatic carbocycles. The molecule has 4 aromatic rings. The molecule has 3 N–H and O–H groups in total. The summed E-state index contributed by atoms with van der Waals surface area (Å²) in [4.78, 5) is 31.6. The van der Waals surface area contributed by atoms with Gasteiger partial charge in [0.1, 0.15) is 0 Å². The van der Waals surface area contributed by atoms with Crippen LogP contribution in [0.2, 0.25) is 0 Å². The molecule has 7 heteroatoms. The topological polar surface area (TPSA) is 101 Å². The second kappa shape index (κ2) is 19.6. The van der Waals surface area contributed by atoms with Crippen LogP contribution >= 0.6 is 0 Å². The average Bonchev–Trinajstić information content (AvgIpc) is 3.08. The Balaban J connectivity index is 0.00000164. The lowest BCUT2D eigenvalue weighted by Gasteiger charge is -2.36. The second-order valence-corrected chi connectivity index (χ2v) is 14.4. The van der Waals surface area contributed by atoms with Crippen molar-refractivity contribution in [2.75, 3.05) is 26.3 Å². The highest BCUT2D eigenvalue weighted by Crippen LogP contribution is 2.30. The monoisotopic (exact) mass is 686 g/mol. The molecule has 4 rings (SSSR count). The third kappa shape index (κ3) is 10.9. The fourth-order valence-electron chi connectivity index (χ4n) is 6.15. The number of hydrogen-bond acceptors (Lipinski definition) is 5. The minimum absolute atomic E-state index is 0.139. The maximum Gasteiger partial charge on any atom is 0.255 e. The van der Waals surface area contributed by atoms with Gasteiger partial charge in [0.2, 0.25) is 0 Å². The molecule has 0 aliphatic carbocycles. The molecule has 1 unspecified atom stereocenters. The van der Waals surface area contributed by atoms with Gasteiger partial charge in [-0.2, -0.15) is 0 Å². The fourth-order valence-corrected chi connectivity index (χ4v) is 6.15. The largest absolute Gasteiger partial charge is 0.395 e. The van der Waals surface area contributed by atoms with Crippen molar-refractivity contribution in [2.45, 2.75) is 112 Å². The van der Waals surface area contributed by atoms with E-state index in [0.717, 1.165) is 32.7 Å². The summed E-state index contributed by atoms with van der Waals surface area (Å²) in [5.41, 5.74) is 1.71. The SMILES string of the molecule is CC.CC(C)(C)N(CCO)C(=O)c1c(CCC(O)Cc2ccc3ccccc3c2C(=O)N(CCO)C(C)(C)C)ccc2ccccc12.CCC. The van der Waals surface area contributed by atoms with E-state index in [2.05, 4.69) is 13.8 Å². The maximum atomic E-state index is 14.1. The van der Waals surface area contributed by atoms with Crippen molar-refractivity contribution in [1.29, 1.82) is 0 Å². The highest BCUT2D eigenvalue weighted by molar-refractivity contribution is 6.09. The Morgan fingerprint density at radius 3 is 1.42 bits per heavy atom. The van der Waals surface area contributed by atoms with E-state index >= 15 is 0 Å². The molecule has 0 aliphatic rings. The van der Waals surface area contributed by atoms with Crippen LogP contribution in [0.15, 0.2) is 72.8 Å². The van der Waals surface area contributed by atoms with E-state index in [4.69, 9.17) is 0 Å². The lowest BCUT2D eigenvalue weighted by Crippen LogP contribution is -2.47. The number of carbonyl (C=O) groups excluding carboxylic acids is 2. The van der Waals surface area contributed by atoms with E-state index in [-0.39, 0.29) is 44.5 Å². The molecule has 0 bridgehead atoms. The van der Waals surface area contributed by atoms with Crippen LogP contribution in [0.4, 0.5) is 0 Å². The number of aliphatic hydroxyl groups is 3. The number of aliphatic hydroxyl groups excluding tert-OH is 3. The van der Waals surface area contributed by atoms with Crippen molar-refractivity contribution >= 4 is 33.4 Å². The summed E-state index contributed by atoms with van der Waals surface area (Å²) in [7, 11) is 0. The highest BCUT2D eigenvalue weighted by Gasteiger charge is 2.31. The van der Waals surface area contributed by atoms with Crippen LogP contribution in [0.1, 0.15) is 114 Å². The minimum Gasteiger partial charge on any atom is -0.395 e. The summed E-state index contributed by atoms with van der Waals surface area (Å²) in [6.45, 7) is 20.1. The molecule has 0 heterocycles. The van der Waals surface area contributed by atoms with Crippen LogP contribution in [0, 0.1) is 0 Å². The van der Waals surface area contributed by atoms with Crippen molar-refractivity contribution in [3.8, 4) is 0 Å². The molecule has 0 fully saturated rings. The van der Waals surface area contributed by atoms with Crippen LogP contribution < -0.4 is 0 Å². The molecular weight excluding hydrogens is 624 g/mol. The van der Waals surface area contributed by atoms with Gasteiger partial charge in [0.15, 0.2) is 0 Å². The number of carbonyl (C=O) groups is 2. The zero-order chi connectivity index (χ0) is 37.6. The molecule has 0 spiro atoms. The van der Waals surface area contributed by atoms with E-state index in [0.29, 0.717) is 24.0 Å². The molecule has 0 saturated heterocycles. The minimum atomic E-state index is -0.774. The number of aryl methyl sites for hydroxylation is 1.